The van der Waals surface area contributed by atoms with Crippen molar-refractivity contribution in [2.75, 3.05) is 25.1 Å². The second-order valence-corrected chi connectivity index (χ2v) is 10.4. The fourth-order valence-electron chi connectivity index (χ4n) is 5.12. The lowest BCUT2D eigenvalue weighted by Gasteiger charge is -2.38. The highest BCUT2D eigenvalue weighted by Gasteiger charge is 2.51. The Balaban J connectivity index is 1.48. The largest absolute Gasteiger partial charge is 0.488 e. The second-order valence-electron chi connectivity index (χ2n) is 10.0. The van der Waals surface area contributed by atoms with Gasteiger partial charge >= 0.3 is 0 Å². The molecule has 8 heteroatoms. The van der Waals surface area contributed by atoms with E-state index in [1.54, 1.807) is 12.4 Å². The quantitative estimate of drug-likeness (QED) is 0.412. The number of anilines is 2. The minimum absolute atomic E-state index is 0.0266. The second kappa shape index (κ2) is 8.28. The van der Waals surface area contributed by atoms with E-state index in [1.165, 1.54) is 0 Å². The topological polar surface area (TPSA) is 88.3 Å². The number of benzene rings is 1. The molecule has 182 valence electrons. The number of ether oxygens (including phenoxy) is 2. The number of hydrogen-bond acceptors (Lipinski definition) is 5. The number of aromatic nitrogens is 2. The van der Waals surface area contributed by atoms with Crippen LogP contribution < -0.4 is 15.4 Å². The molecule has 0 bridgehead atoms. The van der Waals surface area contributed by atoms with Crippen molar-refractivity contribution in [3.8, 4) is 17.0 Å². The molecule has 1 aromatic carbocycles. The van der Waals surface area contributed by atoms with Crippen LogP contribution in [0.2, 0.25) is 5.02 Å². The summed E-state index contributed by atoms with van der Waals surface area (Å²) < 4.78 is 11.9. The maximum Gasteiger partial charge on any atom is 0.255 e. The molecule has 1 unspecified atom stereocenters. The van der Waals surface area contributed by atoms with Gasteiger partial charge in [0.2, 0.25) is 0 Å². The van der Waals surface area contributed by atoms with Crippen LogP contribution in [0.5, 0.6) is 5.75 Å². The zero-order valence-corrected chi connectivity index (χ0v) is 20.7. The molecule has 1 saturated carbocycles. The first-order valence-corrected chi connectivity index (χ1v) is 12.6. The normalized spacial score (nSPS) is 21.7. The van der Waals surface area contributed by atoms with Gasteiger partial charge in [-0.05, 0) is 49.9 Å². The summed E-state index contributed by atoms with van der Waals surface area (Å²) in [5.74, 6) is 0.576. The molecule has 0 radical (unpaired) electrons. The summed E-state index contributed by atoms with van der Waals surface area (Å²) >= 11 is 6.52. The summed E-state index contributed by atoms with van der Waals surface area (Å²) in [5, 5.41) is 7.39. The number of nitrogens with zero attached hydrogens (tertiary/aromatic N) is 1. The monoisotopic (exact) mass is 492 g/mol. The van der Waals surface area contributed by atoms with Crippen molar-refractivity contribution in [3.05, 3.63) is 58.5 Å². The van der Waals surface area contributed by atoms with Crippen LogP contribution in [-0.4, -0.2) is 41.2 Å². The molecule has 35 heavy (non-hydrogen) atoms. The van der Waals surface area contributed by atoms with Crippen LogP contribution in [0.3, 0.4) is 0 Å². The zero-order valence-electron chi connectivity index (χ0n) is 20.0. The highest BCUT2D eigenvalue weighted by Crippen LogP contribution is 2.54. The number of carbonyl (C=O) groups is 1. The van der Waals surface area contributed by atoms with Gasteiger partial charge in [0, 0.05) is 46.5 Å². The third-order valence-electron chi connectivity index (χ3n) is 7.60. The first kappa shape index (κ1) is 22.4. The van der Waals surface area contributed by atoms with Gasteiger partial charge in [-0.3, -0.25) is 9.78 Å². The molecule has 2 fully saturated rings. The zero-order chi connectivity index (χ0) is 24.2. The molecule has 7 nitrogen and oxygen atoms in total. The molecule has 6 rings (SSSR count). The van der Waals surface area contributed by atoms with E-state index in [2.05, 4.69) is 34.4 Å². The van der Waals surface area contributed by atoms with E-state index >= 15 is 0 Å². The Morgan fingerprint density at radius 1 is 1.26 bits per heavy atom. The molecule has 2 aromatic heterocycles. The Morgan fingerprint density at radius 3 is 2.80 bits per heavy atom. The molecule has 3 N–H and O–H groups in total. The summed E-state index contributed by atoms with van der Waals surface area (Å²) in [5.41, 5.74) is 5.66. The third kappa shape index (κ3) is 3.78. The Kier molecular flexibility index (Phi) is 5.31. The number of rotatable bonds is 7. The third-order valence-corrected chi connectivity index (χ3v) is 7.95. The van der Waals surface area contributed by atoms with E-state index < -0.39 is 0 Å². The maximum absolute atomic E-state index is 13.2. The average Bonchev–Trinajstić information content (AvgIpc) is 3.52. The minimum Gasteiger partial charge on any atom is -0.488 e. The van der Waals surface area contributed by atoms with Crippen molar-refractivity contribution in [3.63, 3.8) is 0 Å². The van der Waals surface area contributed by atoms with E-state index in [1.807, 2.05) is 24.3 Å². The fraction of sp³-hybridized carbons (Fsp3) is 0.407. The molecule has 3 aromatic rings. The van der Waals surface area contributed by atoms with Gasteiger partial charge in [0.25, 0.3) is 5.91 Å². The molecule has 4 heterocycles. The maximum atomic E-state index is 13.2. The number of nitrogens with one attached hydrogen (secondary N) is 3. The Labute approximate surface area is 209 Å². The molecule has 3 aliphatic rings. The van der Waals surface area contributed by atoms with Crippen molar-refractivity contribution in [1.29, 1.82) is 0 Å². The number of aromatic amines is 1. The van der Waals surface area contributed by atoms with E-state index in [-0.39, 0.29) is 16.9 Å². The Morgan fingerprint density at radius 2 is 2.09 bits per heavy atom. The number of halogens is 1. The first-order chi connectivity index (χ1) is 16.9. The molecule has 1 atom stereocenters. The lowest BCUT2D eigenvalue weighted by molar-refractivity contribution is -0.152. The summed E-state index contributed by atoms with van der Waals surface area (Å²) in [6.45, 7) is 5.98. The number of amides is 1. The fourth-order valence-corrected chi connectivity index (χ4v) is 5.43. The van der Waals surface area contributed by atoms with Gasteiger partial charge < -0.3 is 25.1 Å². The van der Waals surface area contributed by atoms with Gasteiger partial charge in [0.1, 0.15) is 18.0 Å². The number of pyridine rings is 1. The van der Waals surface area contributed by atoms with Gasteiger partial charge in [-0.25, -0.2) is 0 Å². The number of H-pyrrole nitrogens is 1. The van der Waals surface area contributed by atoms with Crippen molar-refractivity contribution in [2.24, 2.45) is 0 Å². The van der Waals surface area contributed by atoms with Gasteiger partial charge in [0.15, 0.2) is 0 Å². The average molecular weight is 493 g/mol. The minimum atomic E-state index is -0.280. The van der Waals surface area contributed by atoms with Gasteiger partial charge in [-0.2, -0.15) is 0 Å². The Hall–Kier alpha value is -3.03. The van der Waals surface area contributed by atoms with E-state index in [9.17, 15) is 4.79 Å². The summed E-state index contributed by atoms with van der Waals surface area (Å²) in [6.07, 6.45) is 7.30. The summed E-state index contributed by atoms with van der Waals surface area (Å²) in [4.78, 5) is 21.2. The van der Waals surface area contributed by atoms with Crippen LogP contribution >= 0.6 is 11.6 Å². The number of fused-ring (bicyclic) bond motifs is 2. The lowest BCUT2D eigenvalue weighted by Crippen LogP contribution is -2.45. The van der Waals surface area contributed by atoms with Gasteiger partial charge in [-0.1, -0.05) is 24.6 Å². The molecule has 2 aliphatic heterocycles. The summed E-state index contributed by atoms with van der Waals surface area (Å²) in [7, 11) is 0. The SMILES string of the molecule is CCc1c(Cl)cccc1Nc1c(-c2ccncc2OCC2(C)CCO2)[nH]c2c1C(=O)NCC21CC1. The van der Waals surface area contributed by atoms with Gasteiger partial charge in [0.05, 0.1) is 29.7 Å². The lowest BCUT2D eigenvalue weighted by atomic mass is 9.93. The predicted octanol–water partition coefficient (Wildman–Crippen LogP) is 5.37. The highest BCUT2D eigenvalue weighted by atomic mass is 35.5. The van der Waals surface area contributed by atoms with Crippen LogP contribution in [0.15, 0.2) is 36.7 Å². The van der Waals surface area contributed by atoms with Crippen LogP contribution in [0.1, 0.15) is 54.7 Å². The predicted molar refractivity (Wildman–Crippen MR) is 136 cm³/mol. The summed E-state index contributed by atoms with van der Waals surface area (Å²) in [6, 6.07) is 7.74. The smallest absolute Gasteiger partial charge is 0.255 e. The molecule has 1 aliphatic carbocycles. The van der Waals surface area contributed by atoms with Crippen LogP contribution in [0, 0.1) is 0 Å². The molecular formula is C27H29ClN4O3. The van der Waals surface area contributed by atoms with Crippen molar-refractivity contribution in [2.45, 2.75) is 50.5 Å². The van der Waals surface area contributed by atoms with Crippen molar-refractivity contribution < 1.29 is 14.3 Å². The Bertz CT molecular complexity index is 1310. The van der Waals surface area contributed by atoms with Crippen molar-refractivity contribution in [1.82, 2.24) is 15.3 Å². The molecule has 1 amide bonds. The van der Waals surface area contributed by atoms with Crippen molar-refractivity contribution >= 4 is 28.9 Å². The van der Waals surface area contributed by atoms with Crippen LogP contribution in [0.25, 0.3) is 11.3 Å². The van der Waals surface area contributed by atoms with E-state index in [0.717, 1.165) is 66.2 Å². The number of carbonyl (C=O) groups excluding carboxylic acids is 1. The highest BCUT2D eigenvalue weighted by molar-refractivity contribution is 6.31. The van der Waals surface area contributed by atoms with Gasteiger partial charge in [-0.15, -0.1) is 0 Å². The molecule has 1 saturated heterocycles. The van der Waals surface area contributed by atoms with E-state index in [4.69, 9.17) is 21.1 Å². The van der Waals surface area contributed by atoms with E-state index in [0.29, 0.717) is 29.5 Å². The molecular weight excluding hydrogens is 464 g/mol. The first-order valence-electron chi connectivity index (χ1n) is 12.2. The van der Waals surface area contributed by atoms with Crippen LogP contribution in [-0.2, 0) is 16.6 Å². The molecule has 1 spiro atoms. The van der Waals surface area contributed by atoms with Crippen LogP contribution in [0.4, 0.5) is 11.4 Å². The number of hydrogen-bond donors (Lipinski definition) is 3. The standard InChI is InChI=1S/C27H29ClN4O3/c1-3-16-18(28)5-4-6-19(16)31-23-21-24(27(8-9-27)14-30-25(21)33)32-22(23)17-7-11-29-13-20(17)34-15-26(2)10-12-35-26/h4-7,11,13,31-32H,3,8-10,12,14-15H2,1-2H3,(H,30,33).